The molecule has 26 heavy (non-hydrogen) atoms. The molecule has 0 bridgehead atoms. The molecule has 2 aromatic carbocycles. The first-order valence-electron chi connectivity index (χ1n) is 8.90. The molecule has 1 fully saturated rings. The minimum atomic E-state index is 0.492. The maximum atomic E-state index is 6.26. The number of para-hydroxylation sites is 1. The third-order valence-electron chi connectivity index (χ3n) is 4.75. The third-order valence-corrected chi connectivity index (χ3v) is 5.34. The molecule has 134 valence electrons. The second-order valence-electron chi connectivity index (χ2n) is 6.63. The Bertz CT molecular complexity index is 923. The highest BCUT2D eigenvalue weighted by atomic mass is 35.5. The van der Waals surface area contributed by atoms with Crippen LogP contribution in [0.25, 0.3) is 10.9 Å². The number of halogens is 2. The minimum absolute atomic E-state index is 0.492. The smallest absolute Gasteiger partial charge is 0.225 e. The molecular formula is C20H20Cl2N4. The molecule has 4 nitrogen and oxygen atoms in total. The average Bonchev–Trinajstić information content (AvgIpc) is 3.14. The molecule has 0 amide bonds. The van der Waals surface area contributed by atoms with Gasteiger partial charge < -0.3 is 10.6 Å². The van der Waals surface area contributed by atoms with Gasteiger partial charge in [0, 0.05) is 28.0 Å². The molecule has 1 aliphatic carbocycles. The Kier molecular flexibility index (Phi) is 5.14. The fraction of sp³-hybridized carbons (Fsp3) is 0.300. The van der Waals surface area contributed by atoms with Crippen molar-refractivity contribution in [2.45, 2.75) is 38.3 Å². The van der Waals surface area contributed by atoms with E-state index in [1.165, 1.54) is 25.7 Å². The molecular weight excluding hydrogens is 367 g/mol. The lowest BCUT2D eigenvalue weighted by atomic mass is 10.2. The standard InChI is InChI=1S/C20H20Cl2N4/c21-14-10-9-13(17(22)11-14)12-23-20-25-18-8-4-3-7-16(18)19(26-20)24-15-5-1-2-6-15/h3-4,7-11,15H,1-2,5-6,12H2,(H2,23,24,25,26). The number of nitrogens with one attached hydrogen (secondary N) is 2. The van der Waals surface area contributed by atoms with Crippen LogP contribution in [0.1, 0.15) is 31.2 Å². The molecule has 0 unspecified atom stereocenters. The lowest BCUT2D eigenvalue weighted by Gasteiger charge is -2.16. The van der Waals surface area contributed by atoms with Crippen LogP contribution in [0, 0.1) is 0 Å². The number of aromatic nitrogens is 2. The van der Waals surface area contributed by atoms with Crippen LogP contribution < -0.4 is 10.6 Å². The fourth-order valence-corrected chi connectivity index (χ4v) is 3.84. The van der Waals surface area contributed by atoms with E-state index in [0.29, 0.717) is 28.6 Å². The quantitative estimate of drug-likeness (QED) is 0.572. The summed E-state index contributed by atoms with van der Waals surface area (Å²) in [5, 5.41) is 9.21. The summed E-state index contributed by atoms with van der Waals surface area (Å²) in [4.78, 5) is 9.37. The number of benzene rings is 2. The van der Waals surface area contributed by atoms with Gasteiger partial charge in [0.1, 0.15) is 5.82 Å². The first kappa shape index (κ1) is 17.4. The van der Waals surface area contributed by atoms with Gasteiger partial charge in [0.15, 0.2) is 0 Å². The minimum Gasteiger partial charge on any atom is -0.367 e. The second-order valence-corrected chi connectivity index (χ2v) is 7.47. The molecule has 1 heterocycles. The van der Waals surface area contributed by atoms with Crippen LogP contribution in [-0.4, -0.2) is 16.0 Å². The maximum Gasteiger partial charge on any atom is 0.225 e. The van der Waals surface area contributed by atoms with Crippen molar-refractivity contribution < 1.29 is 0 Å². The molecule has 0 spiro atoms. The summed E-state index contributed by atoms with van der Waals surface area (Å²) in [6, 6.07) is 14.1. The van der Waals surface area contributed by atoms with Crippen LogP contribution in [0.4, 0.5) is 11.8 Å². The van der Waals surface area contributed by atoms with Gasteiger partial charge in [-0.3, -0.25) is 0 Å². The monoisotopic (exact) mass is 386 g/mol. The Hall–Kier alpha value is -2.04. The maximum absolute atomic E-state index is 6.26. The van der Waals surface area contributed by atoms with Gasteiger partial charge in [-0.25, -0.2) is 4.98 Å². The molecule has 6 heteroatoms. The van der Waals surface area contributed by atoms with E-state index >= 15 is 0 Å². The number of nitrogens with zero attached hydrogens (tertiary/aromatic N) is 2. The Morgan fingerprint density at radius 3 is 2.62 bits per heavy atom. The molecule has 0 radical (unpaired) electrons. The normalized spacial score (nSPS) is 14.7. The second kappa shape index (κ2) is 7.68. The molecule has 0 aliphatic heterocycles. The zero-order chi connectivity index (χ0) is 17.9. The largest absolute Gasteiger partial charge is 0.367 e. The number of rotatable bonds is 5. The van der Waals surface area contributed by atoms with Crippen LogP contribution in [0.15, 0.2) is 42.5 Å². The summed E-state index contributed by atoms with van der Waals surface area (Å²) >= 11 is 12.2. The van der Waals surface area contributed by atoms with E-state index in [-0.39, 0.29) is 0 Å². The van der Waals surface area contributed by atoms with Crippen molar-refractivity contribution in [3.05, 3.63) is 58.1 Å². The van der Waals surface area contributed by atoms with Crippen LogP contribution in [0.2, 0.25) is 10.0 Å². The van der Waals surface area contributed by atoms with E-state index in [2.05, 4.69) is 21.7 Å². The van der Waals surface area contributed by atoms with Gasteiger partial charge in [0.25, 0.3) is 0 Å². The van der Waals surface area contributed by atoms with E-state index in [0.717, 1.165) is 22.3 Å². The number of hydrogen-bond acceptors (Lipinski definition) is 4. The highest BCUT2D eigenvalue weighted by molar-refractivity contribution is 6.35. The predicted molar refractivity (Wildman–Crippen MR) is 109 cm³/mol. The van der Waals surface area contributed by atoms with Crippen LogP contribution in [0.5, 0.6) is 0 Å². The summed E-state index contributed by atoms with van der Waals surface area (Å²) in [6.45, 7) is 0.539. The van der Waals surface area contributed by atoms with E-state index < -0.39 is 0 Å². The van der Waals surface area contributed by atoms with Crippen molar-refractivity contribution >= 4 is 45.9 Å². The molecule has 0 atom stereocenters. The summed E-state index contributed by atoms with van der Waals surface area (Å²) in [5.41, 5.74) is 1.88. The van der Waals surface area contributed by atoms with Gasteiger partial charge in [0.2, 0.25) is 5.95 Å². The van der Waals surface area contributed by atoms with Gasteiger partial charge >= 0.3 is 0 Å². The molecule has 1 aliphatic rings. The zero-order valence-electron chi connectivity index (χ0n) is 14.3. The predicted octanol–water partition coefficient (Wildman–Crippen LogP) is 5.90. The number of anilines is 2. The van der Waals surface area contributed by atoms with Crippen molar-refractivity contribution in [3.8, 4) is 0 Å². The first-order valence-corrected chi connectivity index (χ1v) is 9.66. The number of fused-ring (bicyclic) bond motifs is 1. The highest BCUT2D eigenvalue weighted by Crippen LogP contribution is 2.27. The van der Waals surface area contributed by atoms with Crippen molar-refractivity contribution in [2.24, 2.45) is 0 Å². The molecule has 1 aromatic heterocycles. The van der Waals surface area contributed by atoms with Gasteiger partial charge in [-0.15, -0.1) is 0 Å². The summed E-state index contributed by atoms with van der Waals surface area (Å²) < 4.78 is 0. The number of hydrogen-bond donors (Lipinski definition) is 2. The van der Waals surface area contributed by atoms with Crippen molar-refractivity contribution in [1.29, 1.82) is 0 Å². The van der Waals surface area contributed by atoms with Crippen molar-refractivity contribution in [2.75, 3.05) is 10.6 Å². The Morgan fingerprint density at radius 1 is 1.00 bits per heavy atom. The van der Waals surface area contributed by atoms with Gasteiger partial charge in [-0.2, -0.15) is 4.98 Å². The van der Waals surface area contributed by atoms with E-state index in [1.807, 2.05) is 30.3 Å². The van der Waals surface area contributed by atoms with Gasteiger partial charge in [-0.05, 0) is 42.7 Å². The molecule has 0 saturated heterocycles. The zero-order valence-corrected chi connectivity index (χ0v) is 15.8. The van der Waals surface area contributed by atoms with Crippen LogP contribution in [-0.2, 0) is 6.54 Å². The molecule has 2 N–H and O–H groups in total. The van der Waals surface area contributed by atoms with Crippen molar-refractivity contribution in [3.63, 3.8) is 0 Å². The third kappa shape index (κ3) is 3.87. The van der Waals surface area contributed by atoms with E-state index in [4.69, 9.17) is 28.2 Å². The topological polar surface area (TPSA) is 49.8 Å². The Balaban J connectivity index is 1.60. The first-order chi connectivity index (χ1) is 12.7. The molecule has 1 saturated carbocycles. The lowest BCUT2D eigenvalue weighted by molar-refractivity contribution is 0.751. The summed E-state index contributed by atoms with van der Waals surface area (Å²) in [5.74, 6) is 1.49. The molecule has 4 rings (SSSR count). The molecule has 3 aromatic rings. The lowest BCUT2D eigenvalue weighted by Crippen LogP contribution is -2.17. The van der Waals surface area contributed by atoms with Crippen LogP contribution >= 0.6 is 23.2 Å². The SMILES string of the molecule is Clc1ccc(CNc2nc(NC3CCCC3)c3ccccc3n2)c(Cl)c1. The van der Waals surface area contributed by atoms with E-state index in [1.54, 1.807) is 6.07 Å². The fourth-order valence-electron chi connectivity index (χ4n) is 3.37. The highest BCUT2D eigenvalue weighted by Gasteiger charge is 2.17. The summed E-state index contributed by atoms with van der Waals surface area (Å²) in [6.07, 6.45) is 4.95. The Labute approximate surface area is 162 Å². The summed E-state index contributed by atoms with van der Waals surface area (Å²) in [7, 11) is 0. The van der Waals surface area contributed by atoms with Crippen LogP contribution in [0.3, 0.4) is 0 Å². The average molecular weight is 387 g/mol. The van der Waals surface area contributed by atoms with E-state index in [9.17, 15) is 0 Å². The van der Waals surface area contributed by atoms with Crippen molar-refractivity contribution in [1.82, 2.24) is 9.97 Å². The Morgan fingerprint density at radius 2 is 1.81 bits per heavy atom. The van der Waals surface area contributed by atoms with Gasteiger partial charge in [-0.1, -0.05) is 54.2 Å². The van der Waals surface area contributed by atoms with Gasteiger partial charge in [0.05, 0.1) is 5.52 Å².